The number of fused-ring (bicyclic) bond motifs is 1. The molecule has 5 rings (SSSR count). The molecule has 0 saturated carbocycles. The minimum absolute atomic E-state index is 0.104. The van der Waals surface area contributed by atoms with Crippen LogP contribution in [-0.4, -0.2) is 52.1 Å². The lowest BCUT2D eigenvalue weighted by Gasteiger charge is -2.14. The number of hydrogen-bond donors (Lipinski definition) is 2. The summed E-state index contributed by atoms with van der Waals surface area (Å²) in [7, 11) is 0. The number of nitrogens with one attached hydrogen (secondary N) is 2. The average molecular weight is 487 g/mol. The van der Waals surface area contributed by atoms with Gasteiger partial charge < -0.3 is 15.5 Å². The summed E-state index contributed by atoms with van der Waals surface area (Å²) in [6.07, 6.45) is 2.39. The first kappa shape index (κ1) is 21.5. The molecule has 33 heavy (non-hydrogen) atoms. The van der Waals surface area contributed by atoms with Gasteiger partial charge in [-0.15, -0.1) is 11.3 Å². The van der Waals surface area contributed by atoms with Crippen LogP contribution in [0.15, 0.2) is 42.7 Å². The molecule has 0 atom stereocenters. The largest absolute Gasteiger partial charge is 0.352 e. The zero-order valence-corrected chi connectivity index (χ0v) is 18.7. The molecule has 1 aliphatic rings. The number of hydrogen-bond acceptors (Lipinski definition) is 6. The van der Waals surface area contributed by atoms with Crippen molar-refractivity contribution in [1.82, 2.24) is 25.2 Å². The van der Waals surface area contributed by atoms with Crippen LogP contribution in [0.5, 0.6) is 0 Å². The number of aromatic nitrogens is 3. The van der Waals surface area contributed by atoms with Crippen LogP contribution >= 0.6 is 22.9 Å². The Morgan fingerprint density at radius 1 is 1.18 bits per heavy atom. The van der Waals surface area contributed by atoms with E-state index in [-0.39, 0.29) is 17.7 Å². The second kappa shape index (κ2) is 8.87. The molecule has 0 unspecified atom stereocenters. The van der Waals surface area contributed by atoms with Crippen LogP contribution in [0.1, 0.15) is 0 Å². The molecule has 1 saturated heterocycles. The predicted octanol–water partition coefficient (Wildman–Crippen LogP) is 4.79. The van der Waals surface area contributed by atoms with Crippen molar-refractivity contribution in [1.29, 1.82) is 0 Å². The van der Waals surface area contributed by atoms with Crippen LogP contribution in [0.2, 0.25) is 5.02 Å². The van der Waals surface area contributed by atoms with Crippen molar-refractivity contribution in [2.45, 2.75) is 0 Å². The fourth-order valence-electron chi connectivity index (χ4n) is 3.66. The molecule has 11 heteroatoms. The van der Waals surface area contributed by atoms with E-state index in [9.17, 15) is 13.6 Å². The van der Waals surface area contributed by atoms with E-state index in [4.69, 9.17) is 11.6 Å². The van der Waals surface area contributed by atoms with E-state index in [1.54, 1.807) is 4.90 Å². The van der Waals surface area contributed by atoms with Crippen molar-refractivity contribution in [3.63, 3.8) is 0 Å². The maximum Gasteiger partial charge on any atom is 0.317 e. The van der Waals surface area contributed by atoms with Crippen LogP contribution in [0.3, 0.4) is 0 Å². The van der Waals surface area contributed by atoms with E-state index >= 15 is 0 Å². The van der Waals surface area contributed by atoms with Crippen LogP contribution in [0.4, 0.5) is 19.5 Å². The van der Waals surface area contributed by atoms with E-state index in [0.29, 0.717) is 41.6 Å². The molecule has 1 fully saturated rings. The van der Waals surface area contributed by atoms with E-state index in [1.807, 2.05) is 24.3 Å². The highest BCUT2D eigenvalue weighted by Crippen LogP contribution is 2.41. The summed E-state index contributed by atoms with van der Waals surface area (Å²) in [4.78, 5) is 25.9. The summed E-state index contributed by atoms with van der Waals surface area (Å²) in [6.45, 7) is 2.19. The third-order valence-corrected chi connectivity index (χ3v) is 6.74. The van der Waals surface area contributed by atoms with Gasteiger partial charge in [-0.05, 0) is 11.5 Å². The number of anilines is 1. The number of rotatable bonds is 6. The van der Waals surface area contributed by atoms with Gasteiger partial charge in [-0.2, -0.15) is 4.39 Å². The highest BCUT2D eigenvalue weighted by Gasteiger charge is 2.19. The lowest BCUT2D eigenvalue weighted by Crippen LogP contribution is -2.32. The summed E-state index contributed by atoms with van der Waals surface area (Å²) >= 11 is 7.60. The second-order valence-electron chi connectivity index (χ2n) is 7.36. The molecule has 4 heterocycles. The first-order chi connectivity index (χ1) is 16.0. The molecular formula is C22H17ClF2N6OS. The van der Waals surface area contributed by atoms with Gasteiger partial charge in [0, 0.05) is 54.3 Å². The van der Waals surface area contributed by atoms with Crippen LogP contribution < -0.4 is 10.6 Å². The highest BCUT2D eigenvalue weighted by molar-refractivity contribution is 7.22. The third-order valence-electron chi connectivity index (χ3n) is 5.24. The highest BCUT2D eigenvalue weighted by atomic mass is 35.5. The van der Waals surface area contributed by atoms with Crippen molar-refractivity contribution in [2.24, 2.45) is 0 Å². The standard InChI is InChI=1S/C22H17ClF2N6OS/c23-15-10-28-18(25)9-14(15)13-3-1-2-12-8-17(33-20(12)13)19-16(24)11-29-21(30-19)26-4-6-31-7-5-27-22(31)32/h1-3,8-11H,4-7H2,(H,27,32)(H,26,29,30). The number of urea groups is 1. The van der Waals surface area contributed by atoms with Crippen molar-refractivity contribution < 1.29 is 13.6 Å². The molecule has 0 spiro atoms. The Labute approximate surface area is 196 Å². The van der Waals surface area contributed by atoms with Crippen molar-refractivity contribution in [3.05, 3.63) is 59.5 Å². The molecule has 2 N–H and O–H groups in total. The fourth-order valence-corrected chi connectivity index (χ4v) is 5.05. The lowest BCUT2D eigenvalue weighted by atomic mass is 10.1. The minimum atomic E-state index is -0.632. The molecule has 0 bridgehead atoms. The monoisotopic (exact) mass is 486 g/mol. The summed E-state index contributed by atoms with van der Waals surface area (Å²) in [5.74, 6) is -0.921. The third kappa shape index (κ3) is 4.31. The minimum Gasteiger partial charge on any atom is -0.352 e. The number of thiophene rings is 1. The molecule has 2 amide bonds. The molecule has 168 valence electrons. The summed E-state index contributed by atoms with van der Waals surface area (Å²) < 4.78 is 29.2. The van der Waals surface area contributed by atoms with E-state index in [1.165, 1.54) is 23.6 Å². The maximum absolute atomic E-state index is 14.7. The molecular weight excluding hydrogens is 470 g/mol. The van der Waals surface area contributed by atoms with Gasteiger partial charge in [0.2, 0.25) is 11.9 Å². The molecule has 4 aromatic rings. The van der Waals surface area contributed by atoms with Gasteiger partial charge in [0.05, 0.1) is 16.1 Å². The zero-order chi connectivity index (χ0) is 22.9. The fraction of sp³-hybridized carbons (Fsp3) is 0.182. The van der Waals surface area contributed by atoms with Gasteiger partial charge >= 0.3 is 6.03 Å². The first-order valence-corrected chi connectivity index (χ1v) is 11.3. The number of pyridine rings is 1. The lowest BCUT2D eigenvalue weighted by molar-refractivity contribution is 0.219. The van der Waals surface area contributed by atoms with E-state index in [0.717, 1.165) is 21.8 Å². The quantitative estimate of drug-likeness (QED) is 0.383. The molecule has 1 aliphatic heterocycles. The van der Waals surface area contributed by atoms with Crippen molar-refractivity contribution in [2.75, 3.05) is 31.5 Å². The van der Waals surface area contributed by atoms with Crippen molar-refractivity contribution in [3.8, 4) is 21.7 Å². The Morgan fingerprint density at radius 3 is 2.88 bits per heavy atom. The second-order valence-corrected chi connectivity index (χ2v) is 8.82. The Kier molecular flexibility index (Phi) is 5.77. The molecule has 0 aliphatic carbocycles. The van der Waals surface area contributed by atoms with E-state index in [2.05, 4.69) is 25.6 Å². The number of carbonyl (C=O) groups is 1. The number of amides is 2. The average Bonchev–Trinajstić information content (AvgIpc) is 3.42. The van der Waals surface area contributed by atoms with E-state index < -0.39 is 11.8 Å². The molecule has 3 aromatic heterocycles. The Morgan fingerprint density at radius 2 is 2.06 bits per heavy atom. The predicted molar refractivity (Wildman–Crippen MR) is 124 cm³/mol. The van der Waals surface area contributed by atoms with Gasteiger partial charge in [0.15, 0.2) is 5.82 Å². The number of carbonyl (C=O) groups excluding carboxylic acids is 1. The Balaban J connectivity index is 1.45. The molecule has 1 aromatic carbocycles. The number of benzene rings is 1. The van der Waals surface area contributed by atoms with Gasteiger partial charge in [0.25, 0.3) is 0 Å². The molecule has 0 radical (unpaired) electrons. The van der Waals surface area contributed by atoms with Crippen LogP contribution in [0, 0.1) is 11.8 Å². The Hall–Kier alpha value is -3.37. The Bertz CT molecular complexity index is 1360. The van der Waals surface area contributed by atoms with Crippen LogP contribution in [-0.2, 0) is 0 Å². The number of halogens is 3. The normalized spacial score (nSPS) is 13.5. The summed E-state index contributed by atoms with van der Waals surface area (Å²) in [5, 5.41) is 6.96. The first-order valence-electron chi connectivity index (χ1n) is 10.1. The number of nitrogens with zero attached hydrogens (tertiary/aromatic N) is 4. The smallest absolute Gasteiger partial charge is 0.317 e. The van der Waals surface area contributed by atoms with Crippen LogP contribution in [0.25, 0.3) is 31.8 Å². The van der Waals surface area contributed by atoms with Gasteiger partial charge in [-0.25, -0.2) is 24.1 Å². The maximum atomic E-state index is 14.7. The molecule has 7 nitrogen and oxygen atoms in total. The summed E-state index contributed by atoms with van der Waals surface area (Å²) in [5.41, 5.74) is 1.40. The summed E-state index contributed by atoms with van der Waals surface area (Å²) in [6, 6.07) is 8.57. The van der Waals surface area contributed by atoms with Gasteiger partial charge in [-0.1, -0.05) is 29.8 Å². The van der Waals surface area contributed by atoms with Gasteiger partial charge in [0.1, 0.15) is 5.69 Å². The topological polar surface area (TPSA) is 83.0 Å². The van der Waals surface area contributed by atoms with Crippen molar-refractivity contribution >= 4 is 45.0 Å². The zero-order valence-electron chi connectivity index (χ0n) is 17.1. The van der Waals surface area contributed by atoms with Gasteiger partial charge in [-0.3, -0.25) is 0 Å². The SMILES string of the molecule is O=C1NCCN1CCNc1ncc(F)c(-c2cc3cccc(-c4cc(F)ncc4Cl)c3s2)n1.